The summed E-state index contributed by atoms with van der Waals surface area (Å²) in [6.45, 7) is 2.05. The molecule has 1 heterocycles. The first kappa shape index (κ1) is 24.9. The Balaban J connectivity index is 1.70. The number of carbonyl (C=O) groups is 2. The van der Waals surface area contributed by atoms with Crippen LogP contribution in [-0.2, 0) is 22.4 Å². The number of aryl methyl sites for hydroxylation is 1. The number of para-hydroxylation sites is 1. The molecule has 8 heteroatoms. The minimum Gasteiger partial charge on any atom is -0.321 e. The third kappa shape index (κ3) is 5.54. The Morgan fingerprint density at radius 1 is 1.09 bits per heavy atom. The van der Waals surface area contributed by atoms with Crippen LogP contribution in [-0.4, -0.2) is 17.1 Å². The van der Waals surface area contributed by atoms with Crippen molar-refractivity contribution in [2.24, 2.45) is 0 Å². The zero-order valence-corrected chi connectivity index (χ0v) is 21.1. The molecular weight excluding hydrogens is 501 g/mol. The summed E-state index contributed by atoms with van der Waals surface area (Å²) < 4.78 is 0. The van der Waals surface area contributed by atoms with Crippen LogP contribution in [0.1, 0.15) is 18.1 Å². The molecule has 0 bridgehead atoms. The monoisotopic (exact) mass is 521 g/mol. The standard InChI is InChI=1S/C27H21Cl2N3O2S/c1-2-17-8-11-20(12-9-17)31-25(33)22(16-30)27-32(21-6-4-3-5-7-21)26(34)24(35-27)15-18-14-19(28)10-13-23(18)29/h3-14,24H,2,15H2,1H3,(H,31,33)/b27-22+/t24-/m0/s1. The molecular formula is C27H21Cl2N3O2S. The molecule has 2 amide bonds. The highest BCUT2D eigenvalue weighted by molar-refractivity contribution is 8.05. The molecule has 0 saturated carbocycles. The molecule has 5 nitrogen and oxygen atoms in total. The normalized spacial score (nSPS) is 16.7. The van der Waals surface area contributed by atoms with Crippen LogP contribution in [0, 0.1) is 11.3 Å². The fourth-order valence-electron chi connectivity index (χ4n) is 3.72. The second-order valence-corrected chi connectivity index (χ2v) is 9.89. The summed E-state index contributed by atoms with van der Waals surface area (Å²) in [4.78, 5) is 28.1. The predicted octanol–water partition coefficient (Wildman–Crippen LogP) is 6.62. The second-order valence-electron chi connectivity index (χ2n) is 7.85. The van der Waals surface area contributed by atoms with Crippen LogP contribution in [0.5, 0.6) is 0 Å². The number of benzene rings is 3. The lowest BCUT2D eigenvalue weighted by molar-refractivity contribution is -0.117. The summed E-state index contributed by atoms with van der Waals surface area (Å²) in [5.41, 5.74) is 2.87. The van der Waals surface area contributed by atoms with Gasteiger partial charge in [-0.05, 0) is 66.4 Å². The van der Waals surface area contributed by atoms with Gasteiger partial charge in [-0.25, -0.2) is 0 Å². The van der Waals surface area contributed by atoms with E-state index < -0.39 is 11.2 Å². The van der Waals surface area contributed by atoms with E-state index in [0.29, 0.717) is 27.8 Å². The van der Waals surface area contributed by atoms with Crippen molar-refractivity contribution in [1.29, 1.82) is 5.26 Å². The fraction of sp³-hybridized carbons (Fsp3) is 0.148. The molecule has 1 saturated heterocycles. The van der Waals surface area contributed by atoms with Crippen molar-refractivity contribution >= 4 is 58.2 Å². The Labute approximate surface area is 218 Å². The Morgan fingerprint density at radius 3 is 2.46 bits per heavy atom. The van der Waals surface area contributed by atoms with Gasteiger partial charge in [-0.2, -0.15) is 5.26 Å². The van der Waals surface area contributed by atoms with E-state index in [2.05, 4.69) is 5.32 Å². The Morgan fingerprint density at radius 2 is 1.80 bits per heavy atom. The third-order valence-electron chi connectivity index (χ3n) is 5.55. The zero-order chi connectivity index (χ0) is 24.9. The first-order chi connectivity index (χ1) is 16.9. The molecule has 1 fully saturated rings. The maximum Gasteiger partial charge on any atom is 0.269 e. The van der Waals surface area contributed by atoms with Gasteiger partial charge in [0, 0.05) is 21.4 Å². The van der Waals surface area contributed by atoms with E-state index in [1.54, 1.807) is 54.6 Å². The summed E-state index contributed by atoms with van der Waals surface area (Å²) in [7, 11) is 0. The molecule has 3 aromatic rings. The van der Waals surface area contributed by atoms with Gasteiger partial charge in [-0.1, -0.05) is 72.2 Å². The minimum absolute atomic E-state index is 0.133. The van der Waals surface area contributed by atoms with Crippen molar-refractivity contribution in [3.63, 3.8) is 0 Å². The van der Waals surface area contributed by atoms with E-state index in [0.717, 1.165) is 17.5 Å². The first-order valence-electron chi connectivity index (χ1n) is 11.0. The number of nitrogens with one attached hydrogen (secondary N) is 1. The Kier molecular flexibility index (Phi) is 7.82. The highest BCUT2D eigenvalue weighted by atomic mass is 35.5. The molecule has 4 rings (SSSR count). The van der Waals surface area contributed by atoms with Crippen LogP contribution in [0.4, 0.5) is 11.4 Å². The number of carbonyl (C=O) groups excluding carboxylic acids is 2. The number of nitrogens with zero attached hydrogens (tertiary/aromatic N) is 2. The number of thioether (sulfide) groups is 1. The van der Waals surface area contributed by atoms with Crippen LogP contribution in [0.3, 0.4) is 0 Å². The first-order valence-corrected chi connectivity index (χ1v) is 12.6. The van der Waals surface area contributed by atoms with Crippen molar-refractivity contribution in [3.05, 3.63) is 105 Å². The topological polar surface area (TPSA) is 73.2 Å². The molecule has 176 valence electrons. The average Bonchev–Trinajstić information content (AvgIpc) is 3.18. The second kappa shape index (κ2) is 11.0. The number of anilines is 2. The fourth-order valence-corrected chi connectivity index (χ4v) is 5.40. The van der Waals surface area contributed by atoms with Crippen LogP contribution >= 0.6 is 35.0 Å². The van der Waals surface area contributed by atoms with Crippen molar-refractivity contribution in [2.75, 3.05) is 10.2 Å². The number of amides is 2. The van der Waals surface area contributed by atoms with E-state index in [4.69, 9.17) is 23.2 Å². The Bertz CT molecular complexity index is 1330. The van der Waals surface area contributed by atoms with Crippen molar-refractivity contribution < 1.29 is 9.59 Å². The molecule has 0 unspecified atom stereocenters. The van der Waals surface area contributed by atoms with E-state index in [9.17, 15) is 14.9 Å². The highest BCUT2D eigenvalue weighted by Crippen LogP contribution is 2.42. The van der Waals surface area contributed by atoms with Gasteiger partial charge in [0.1, 0.15) is 16.7 Å². The molecule has 0 aromatic heterocycles. The Hall–Kier alpha value is -3.24. The van der Waals surface area contributed by atoms with Crippen LogP contribution < -0.4 is 10.2 Å². The SMILES string of the molecule is CCc1ccc(NC(=O)/C(C#N)=C2/S[C@@H](Cc3cc(Cl)ccc3Cl)C(=O)N2c2ccccc2)cc1. The number of hydrogen-bond donors (Lipinski definition) is 1. The maximum atomic E-state index is 13.5. The number of halogens is 2. The number of hydrogen-bond acceptors (Lipinski definition) is 4. The van der Waals surface area contributed by atoms with Crippen LogP contribution in [0.15, 0.2) is 83.4 Å². The smallest absolute Gasteiger partial charge is 0.269 e. The lowest BCUT2D eigenvalue weighted by atomic mass is 10.1. The van der Waals surface area contributed by atoms with Gasteiger partial charge in [-0.3, -0.25) is 14.5 Å². The number of nitriles is 1. The van der Waals surface area contributed by atoms with Crippen molar-refractivity contribution in [2.45, 2.75) is 25.0 Å². The highest BCUT2D eigenvalue weighted by Gasteiger charge is 2.41. The minimum atomic E-state index is -0.582. The van der Waals surface area contributed by atoms with Gasteiger partial charge >= 0.3 is 0 Å². The van der Waals surface area contributed by atoms with Crippen molar-refractivity contribution in [1.82, 2.24) is 0 Å². The lowest BCUT2D eigenvalue weighted by Gasteiger charge is -2.18. The van der Waals surface area contributed by atoms with Gasteiger partial charge in [0.25, 0.3) is 5.91 Å². The molecule has 1 atom stereocenters. The van der Waals surface area contributed by atoms with Crippen LogP contribution in [0.2, 0.25) is 10.0 Å². The lowest BCUT2D eigenvalue weighted by Crippen LogP contribution is -2.30. The molecule has 1 N–H and O–H groups in total. The van der Waals surface area contributed by atoms with Gasteiger partial charge in [0.15, 0.2) is 0 Å². The van der Waals surface area contributed by atoms with E-state index in [1.165, 1.54) is 16.7 Å². The molecule has 1 aliphatic rings. The van der Waals surface area contributed by atoms with Gasteiger partial charge in [0.2, 0.25) is 5.91 Å². The van der Waals surface area contributed by atoms with Crippen LogP contribution in [0.25, 0.3) is 0 Å². The quantitative estimate of drug-likeness (QED) is 0.292. The molecule has 1 aliphatic heterocycles. The summed E-state index contributed by atoms with van der Waals surface area (Å²) in [5.74, 6) is -0.811. The third-order valence-corrected chi connectivity index (χ3v) is 7.42. The van der Waals surface area contributed by atoms with Gasteiger partial charge in [-0.15, -0.1) is 0 Å². The van der Waals surface area contributed by atoms with Crippen molar-refractivity contribution in [3.8, 4) is 6.07 Å². The van der Waals surface area contributed by atoms with E-state index in [1.807, 2.05) is 31.2 Å². The zero-order valence-electron chi connectivity index (χ0n) is 18.8. The summed E-state index contributed by atoms with van der Waals surface area (Å²) >= 11 is 13.7. The summed E-state index contributed by atoms with van der Waals surface area (Å²) in [6, 6.07) is 23.5. The summed E-state index contributed by atoms with van der Waals surface area (Å²) in [5, 5.41) is 13.5. The average molecular weight is 522 g/mol. The largest absolute Gasteiger partial charge is 0.321 e. The molecule has 0 spiro atoms. The molecule has 35 heavy (non-hydrogen) atoms. The molecule has 0 aliphatic carbocycles. The van der Waals surface area contributed by atoms with Gasteiger partial charge in [0.05, 0.1) is 5.25 Å². The van der Waals surface area contributed by atoms with Gasteiger partial charge < -0.3 is 5.32 Å². The summed E-state index contributed by atoms with van der Waals surface area (Å²) in [6.07, 6.45) is 1.18. The predicted molar refractivity (Wildman–Crippen MR) is 143 cm³/mol. The van der Waals surface area contributed by atoms with E-state index in [-0.39, 0.29) is 16.5 Å². The molecule has 3 aromatic carbocycles. The number of rotatable bonds is 6. The van der Waals surface area contributed by atoms with E-state index >= 15 is 0 Å². The maximum absolute atomic E-state index is 13.5. The molecule has 0 radical (unpaired) electrons.